The maximum Gasteiger partial charge on any atom is 0.254 e. The predicted octanol–water partition coefficient (Wildman–Crippen LogP) is 2.01. The zero-order valence-electron chi connectivity index (χ0n) is 9.98. The van der Waals surface area contributed by atoms with Gasteiger partial charge in [-0.3, -0.25) is 4.79 Å². The van der Waals surface area contributed by atoms with Crippen molar-refractivity contribution >= 4 is 5.91 Å². The molecule has 2 aromatic rings. The van der Waals surface area contributed by atoms with E-state index in [9.17, 15) is 9.18 Å². The van der Waals surface area contributed by atoms with Gasteiger partial charge in [-0.2, -0.15) is 4.98 Å². The van der Waals surface area contributed by atoms with Crippen molar-refractivity contribution in [1.29, 1.82) is 0 Å². The summed E-state index contributed by atoms with van der Waals surface area (Å²) in [7, 11) is 0. The number of aromatic nitrogens is 2. The Morgan fingerprint density at radius 2 is 2.28 bits per heavy atom. The normalized spacial score (nSPS) is 12.2. The third-order valence-electron chi connectivity index (χ3n) is 2.55. The van der Waals surface area contributed by atoms with Gasteiger partial charge in [-0.1, -0.05) is 17.3 Å². The lowest BCUT2D eigenvalue weighted by Crippen LogP contribution is -2.28. The van der Waals surface area contributed by atoms with E-state index in [1.54, 1.807) is 26.0 Å². The first-order valence-corrected chi connectivity index (χ1v) is 5.42. The predicted molar refractivity (Wildman–Crippen MR) is 61.3 cm³/mol. The van der Waals surface area contributed by atoms with E-state index in [2.05, 4.69) is 20.0 Å². The lowest BCUT2D eigenvalue weighted by atomic mass is 10.1. The standard InChI is InChI=1S/C12H12FN3O2/c1-7-4-3-5-9(10(7)13)12(17)15-8(2)11-14-6-18-16-11/h3-6,8H,1-2H3,(H,15,17). The fourth-order valence-corrected chi connectivity index (χ4v) is 1.53. The molecule has 1 N–H and O–H groups in total. The molecule has 0 saturated carbocycles. The van der Waals surface area contributed by atoms with Gasteiger partial charge in [0.25, 0.3) is 5.91 Å². The topological polar surface area (TPSA) is 68.0 Å². The van der Waals surface area contributed by atoms with Gasteiger partial charge in [0, 0.05) is 0 Å². The highest BCUT2D eigenvalue weighted by Crippen LogP contribution is 2.13. The van der Waals surface area contributed by atoms with Gasteiger partial charge in [-0.15, -0.1) is 0 Å². The Kier molecular flexibility index (Phi) is 3.36. The fourth-order valence-electron chi connectivity index (χ4n) is 1.53. The number of hydrogen-bond donors (Lipinski definition) is 1. The number of benzene rings is 1. The average Bonchev–Trinajstić information content (AvgIpc) is 2.86. The van der Waals surface area contributed by atoms with Crippen molar-refractivity contribution in [2.75, 3.05) is 0 Å². The lowest BCUT2D eigenvalue weighted by Gasteiger charge is -2.11. The van der Waals surface area contributed by atoms with E-state index in [1.165, 1.54) is 12.5 Å². The lowest BCUT2D eigenvalue weighted by molar-refractivity contribution is 0.0933. The molecule has 0 aliphatic carbocycles. The van der Waals surface area contributed by atoms with E-state index in [4.69, 9.17) is 0 Å². The molecular formula is C12H12FN3O2. The highest BCUT2D eigenvalue weighted by molar-refractivity contribution is 5.94. The first-order chi connectivity index (χ1) is 8.59. The fraction of sp³-hybridized carbons (Fsp3) is 0.250. The number of amides is 1. The first-order valence-electron chi connectivity index (χ1n) is 5.42. The van der Waals surface area contributed by atoms with E-state index < -0.39 is 17.8 Å². The van der Waals surface area contributed by atoms with Gasteiger partial charge in [0.15, 0.2) is 5.82 Å². The van der Waals surface area contributed by atoms with E-state index >= 15 is 0 Å². The Bertz CT molecular complexity index is 554. The Hall–Kier alpha value is -2.24. The molecule has 2 rings (SSSR count). The monoisotopic (exact) mass is 249 g/mol. The molecule has 94 valence electrons. The van der Waals surface area contributed by atoms with Crippen molar-refractivity contribution in [3.05, 3.63) is 47.4 Å². The number of hydrogen-bond acceptors (Lipinski definition) is 4. The average molecular weight is 249 g/mol. The summed E-state index contributed by atoms with van der Waals surface area (Å²) in [6.07, 6.45) is 1.17. The molecule has 0 aliphatic heterocycles. The van der Waals surface area contributed by atoms with Crippen LogP contribution in [0.25, 0.3) is 0 Å². The molecule has 1 amide bonds. The van der Waals surface area contributed by atoms with Crippen LogP contribution in [0.5, 0.6) is 0 Å². The van der Waals surface area contributed by atoms with Crippen LogP contribution in [0.15, 0.2) is 29.1 Å². The Labute approximate surface area is 103 Å². The van der Waals surface area contributed by atoms with Gasteiger partial charge < -0.3 is 9.84 Å². The van der Waals surface area contributed by atoms with Gasteiger partial charge >= 0.3 is 0 Å². The molecule has 1 unspecified atom stereocenters. The Balaban J connectivity index is 2.15. The van der Waals surface area contributed by atoms with Crippen molar-refractivity contribution in [3.8, 4) is 0 Å². The second-order valence-corrected chi connectivity index (χ2v) is 3.92. The maximum atomic E-state index is 13.7. The summed E-state index contributed by atoms with van der Waals surface area (Å²) < 4.78 is 18.3. The molecule has 1 heterocycles. The summed E-state index contributed by atoms with van der Waals surface area (Å²) in [4.78, 5) is 15.7. The van der Waals surface area contributed by atoms with Gasteiger partial charge in [0.2, 0.25) is 6.39 Å². The highest BCUT2D eigenvalue weighted by Gasteiger charge is 2.18. The van der Waals surface area contributed by atoms with Crippen LogP contribution in [0.3, 0.4) is 0 Å². The summed E-state index contributed by atoms with van der Waals surface area (Å²) in [5, 5.41) is 6.21. The summed E-state index contributed by atoms with van der Waals surface area (Å²) in [5.74, 6) is -0.680. The van der Waals surface area contributed by atoms with Crippen LogP contribution in [-0.2, 0) is 0 Å². The van der Waals surface area contributed by atoms with E-state index in [0.717, 1.165) is 0 Å². The van der Waals surface area contributed by atoms with E-state index in [1.807, 2.05) is 0 Å². The molecule has 1 aromatic carbocycles. The zero-order chi connectivity index (χ0) is 13.1. The summed E-state index contributed by atoms with van der Waals surface area (Å²) in [6, 6.07) is 4.22. The molecule has 6 heteroatoms. The van der Waals surface area contributed by atoms with Crippen molar-refractivity contribution < 1.29 is 13.7 Å². The third-order valence-corrected chi connectivity index (χ3v) is 2.55. The van der Waals surface area contributed by atoms with E-state index in [0.29, 0.717) is 11.4 Å². The van der Waals surface area contributed by atoms with Crippen molar-refractivity contribution in [2.24, 2.45) is 0 Å². The number of carbonyl (C=O) groups excluding carboxylic acids is 1. The number of aryl methyl sites for hydroxylation is 1. The molecule has 0 radical (unpaired) electrons. The molecule has 0 saturated heterocycles. The molecule has 0 spiro atoms. The van der Waals surface area contributed by atoms with Crippen LogP contribution in [0.2, 0.25) is 0 Å². The van der Waals surface area contributed by atoms with Crippen LogP contribution in [-0.4, -0.2) is 16.0 Å². The van der Waals surface area contributed by atoms with Crippen LogP contribution in [0.1, 0.15) is 34.7 Å². The van der Waals surface area contributed by atoms with Crippen molar-refractivity contribution in [3.63, 3.8) is 0 Å². The van der Waals surface area contributed by atoms with Crippen molar-refractivity contribution in [2.45, 2.75) is 19.9 Å². The second kappa shape index (κ2) is 4.95. The molecule has 1 aromatic heterocycles. The summed E-state index contributed by atoms with van der Waals surface area (Å²) in [6.45, 7) is 3.30. The molecule has 0 aliphatic rings. The molecule has 18 heavy (non-hydrogen) atoms. The summed E-state index contributed by atoms with van der Waals surface area (Å²) >= 11 is 0. The van der Waals surface area contributed by atoms with Crippen LogP contribution in [0.4, 0.5) is 4.39 Å². The largest absolute Gasteiger partial charge is 0.343 e. The number of carbonyl (C=O) groups is 1. The van der Waals surface area contributed by atoms with Gasteiger partial charge in [-0.25, -0.2) is 4.39 Å². The van der Waals surface area contributed by atoms with Gasteiger partial charge in [0.1, 0.15) is 5.82 Å². The van der Waals surface area contributed by atoms with Crippen LogP contribution < -0.4 is 5.32 Å². The number of nitrogens with zero attached hydrogens (tertiary/aromatic N) is 2. The molecule has 0 bridgehead atoms. The van der Waals surface area contributed by atoms with Gasteiger partial charge in [-0.05, 0) is 25.5 Å². The Morgan fingerprint density at radius 1 is 1.50 bits per heavy atom. The minimum Gasteiger partial charge on any atom is -0.343 e. The first kappa shape index (κ1) is 12.2. The second-order valence-electron chi connectivity index (χ2n) is 3.92. The van der Waals surface area contributed by atoms with E-state index in [-0.39, 0.29) is 5.56 Å². The minimum absolute atomic E-state index is 0.00495. The zero-order valence-corrected chi connectivity index (χ0v) is 9.98. The van der Waals surface area contributed by atoms with Gasteiger partial charge in [0.05, 0.1) is 11.6 Å². The molecule has 1 atom stereocenters. The number of halogens is 1. The maximum absolute atomic E-state index is 13.7. The summed E-state index contributed by atoms with van der Waals surface area (Å²) in [5.41, 5.74) is 0.431. The molecule has 5 nitrogen and oxygen atoms in total. The molecular weight excluding hydrogens is 237 g/mol. The minimum atomic E-state index is -0.518. The number of rotatable bonds is 3. The quantitative estimate of drug-likeness (QED) is 0.903. The highest BCUT2D eigenvalue weighted by atomic mass is 19.1. The molecule has 0 fully saturated rings. The SMILES string of the molecule is Cc1cccc(C(=O)NC(C)c2ncon2)c1F. The smallest absolute Gasteiger partial charge is 0.254 e. The third kappa shape index (κ3) is 2.37. The van der Waals surface area contributed by atoms with Crippen molar-refractivity contribution in [1.82, 2.24) is 15.5 Å². The number of nitrogens with one attached hydrogen (secondary N) is 1. The Morgan fingerprint density at radius 3 is 2.94 bits per heavy atom. The van der Waals surface area contributed by atoms with Crippen LogP contribution >= 0.6 is 0 Å². The van der Waals surface area contributed by atoms with Crippen LogP contribution in [0, 0.1) is 12.7 Å².